The van der Waals surface area contributed by atoms with Gasteiger partial charge >= 0.3 is 0 Å². The number of nitrogens with one attached hydrogen (secondary N) is 2. The van der Waals surface area contributed by atoms with E-state index < -0.39 is 9.05 Å². The highest BCUT2D eigenvalue weighted by Crippen LogP contribution is 2.27. The number of benzene rings is 1. The molecule has 0 spiro atoms. The molecule has 1 aromatic heterocycles. The largest absolute Gasteiger partial charge is 0.321 e. The van der Waals surface area contributed by atoms with Gasteiger partial charge in [0.05, 0.1) is 22.3 Å². The Morgan fingerprint density at radius 3 is 2.68 bits per heavy atom. The third kappa shape index (κ3) is 3.34. The summed E-state index contributed by atoms with van der Waals surface area (Å²) in [5, 5.41) is 8.79. The second-order valence-corrected chi connectivity index (χ2v) is 6.94. The molecular weight excluding hydrogens is 358 g/mol. The topological polar surface area (TPSA) is 91.9 Å². The van der Waals surface area contributed by atoms with E-state index >= 15 is 0 Å². The zero-order valence-corrected chi connectivity index (χ0v) is 12.4. The number of H-pyrrole nitrogens is 1. The van der Waals surface area contributed by atoms with Gasteiger partial charge < -0.3 is 5.32 Å². The summed E-state index contributed by atoms with van der Waals surface area (Å²) in [6.45, 7) is 0. The average Bonchev–Trinajstić information content (AvgIpc) is 2.84. The second kappa shape index (κ2) is 5.32. The minimum atomic E-state index is -3.80. The van der Waals surface area contributed by atoms with Crippen LogP contribution in [0.5, 0.6) is 0 Å². The lowest BCUT2D eigenvalue weighted by atomic mass is 10.3. The van der Waals surface area contributed by atoms with E-state index in [1.807, 2.05) is 0 Å². The number of amides is 1. The van der Waals surface area contributed by atoms with Crippen LogP contribution in [0.3, 0.4) is 0 Å². The Morgan fingerprint density at radius 2 is 2.16 bits per heavy atom. The van der Waals surface area contributed by atoms with E-state index in [0.717, 1.165) is 0 Å². The van der Waals surface area contributed by atoms with Crippen molar-refractivity contribution in [1.29, 1.82) is 0 Å². The van der Waals surface area contributed by atoms with Crippen LogP contribution in [0, 0.1) is 0 Å². The molecule has 0 unspecified atom stereocenters. The molecule has 1 aromatic carbocycles. The van der Waals surface area contributed by atoms with Crippen LogP contribution in [-0.2, 0) is 9.05 Å². The molecule has 2 N–H and O–H groups in total. The average molecular weight is 365 g/mol. The Balaban J connectivity index is 2.25. The highest BCUT2D eigenvalue weighted by atomic mass is 79.9. The molecule has 0 aliphatic rings. The molecule has 2 rings (SSSR count). The Kier molecular flexibility index (Phi) is 3.93. The predicted octanol–water partition coefficient (Wildman–Crippen LogP) is 2.35. The smallest absolute Gasteiger partial charge is 0.261 e. The maximum Gasteiger partial charge on any atom is 0.261 e. The summed E-state index contributed by atoms with van der Waals surface area (Å²) in [6, 6.07) is 4.06. The third-order valence-corrected chi connectivity index (χ3v) is 4.24. The maximum atomic E-state index is 11.8. The van der Waals surface area contributed by atoms with Crippen LogP contribution in [-0.4, -0.2) is 24.5 Å². The molecule has 0 saturated carbocycles. The van der Waals surface area contributed by atoms with Crippen LogP contribution in [0.15, 0.2) is 40.0 Å². The lowest BCUT2D eigenvalue weighted by Gasteiger charge is -2.07. The van der Waals surface area contributed by atoms with Crippen molar-refractivity contribution >= 4 is 47.3 Å². The van der Waals surface area contributed by atoms with Gasteiger partial charge in [-0.15, -0.1) is 0 Å². The van der Waals surface area contributed by atoms with Crippen LogP contribution in [0.2, 0.25) is 0 Å². The summed E-state index contributed by atoms with van der Waals surface area (Å²) in [5.41, 5.74) is 0.788. The molecule has 6 nitrogen and oxygen atoms in total. The number of nitrogens with zero attached hydrogens (tertiary/aromatic N) is 1. The highest BCUT2D eigenvalue weighted by Gasteiger charge is 2.14. The minimum absolute atomic E-state index is 0.0534. The lowest BCUT2D eigenvalue weighted by Crippen LogP contribution is -2.11. The van der Waals surface area contributed by atoms with Crippen molar-refractivity contribution in [3.05, 3.63) is 40.6 Å². The number of carbonyl (C=O) groups is 1. The number of hydrogen-bond acceptors (Lipinski definition) is 4. The van der Waals surface area contributed by atoms with E-state index in [0.29, 0.717) is 15.7 Å². The number of halogens is 2. The van der Waals surface area contributed by atoms with E-state index in [-0.39, 0.29) is 10.8 Å². The van der Waals surface area contributed by atoms with Gasteiger partial charge in [0.15, 0.2) is 0 Å². The van der Waals surface area contributed by atoms with Crippen LogP contribution < -0.4 is 5.32 Å². The normalized spacial score (nSPS) is 11.3. The zero-order valence-electron chi connectivity index (χ0n) is 9.22. The molecule has 100 valence electrons. The number of rotatable bonds is 3. The third-order valence-electron chi connectivity index (χ3n) is 2.23. The van der Waals surface area contributed by atoms with Crippen LogP contribution in [0.25, 0.3) is 0 Å². The van der Waals surface area contributed by atoms with Gasteiger partial charge in [-0.3, -0.25) is 9.89 Å². The van der Waals surface area contributed by atoms with Crippen molar-refractivity contribution in [2.75, 3.05) is 5.32 Å². The first-order valence-corrected chi connectivity index (χ1v) is 8.02. The molecule has 9 heteroatoms. The Bertz CT molecular complexity index is 716. The molecule has 2 aromatic rings. The second-order valence-electron chi connectivity index (χ2n) is 3.52. The van der Waals surface area contributed by atoms with E-state index in [4.69, 9.17) is 10.7 Å². The molecular formula is C10H7BrClN3O3S. The van der Waals surface area contributed by atoms with Crippen molar-refractivity contribution in [1.82, 2.24) is 10.2 Å². The summed E-state index contributed by atoms with van der Waals surface area (Å²) in [6.07, 6.45) is 2.82. The van der Waals surface area contributed by atoms with Crippen molar-refractivity contribution in [2.24, 2.45) is 0 Å². The Labute approximate surface area is 121 Å². The van der Waals surface area contributed by atoms with Crippen molar-refractivity contribution in [3.63, 3.8) is 0 Å². The van der Waals surface area contributed by atoms with Gasteiger partial charge in [0, 0.05) is 21.4 Å². The molecule has 0 aliphatic heterocycles. The SMILES string of the molecule is O=C(Nc1ccc(S(=O)(=O)Cl)cc1Br)c1cn[nH]c1. The number of aromatic amines is 1. The van der Waals surface area contributed by atoms with Crippen molar-refractivity contribution in [2.45, 2.75) is 4.90 Å². The van der Waals surface area contributed by atoms with Crippen molar-refractivity contribution in [3.8, 4) is 0 Å². The zero-order chi connectivity index (χ0) is 14.0. The van der Waals surface area contributed by atoms with Crippen LogP contribution in [0.4, 0.5) is 5.69 Å². The first-order valence-electron chi connectivity index (χ1n) is 4.92. The van der Waals surface area contributed by atoms with E-state index in [1.54, 1.807) is 0 Å². The van der Waals surface area contributed by atoms with Gasteiger partial charge in [0.2, 0.25) is 0 Å². The number of hydrogen-bond donors (Lipinski definition) is 2. The van der Waals surface area contributed by atoms with Crippen molar-refractivity contribution < 1.29 is 13.2 Å². The lowest BCUT2D eigenvalue weighted by molar-refractivity contribution is 0.102. The summed E-state index contributed by atoms with van der Waals surface area (Å²) < 4.78 is 22.7. The van der Waals surface area contributed by atoms with Gasteiger partial charge in [-0.1, -0.05) is 0 Å². The fraction of sp³-hybridized carbons (Fsp3) is 0. The summed E-state index contributed by atoms with van der Waals surface area (Å²) in [7, 11) is 1.42. The number of carbonyl (C=O) groups excluding carboxylic acids is 1. The minimum Gasteiger partial charge on any atom is -0.321 e. The highest BCUT2D eigenvalue weighted by molar-refractivity contribution is 9.10. The van der Waals surface area contributed by atoms with Crippen LogP contribution in [0.1, 0.15) is 10.4 Å². The first-order chi connectivity index (χ1) is 8.88. The van der Waals surface area contributed by atoms with Gasteiger partial charge in [-0.2, -0.15) is 5.10 Å². The molecule has 1 amide bonds. The molecule has 19 heavy (non-hydrogen) atoms. The van der Waals surface area contributed by atoms with Gasteiger partial charge in [-0.25, -0.2) is 8.42 Å². The predicted molar refractivity (Wildman–Crippen MR) is 73.7 cm³/mol. The van der Waals surface area contributed by atoms with Gasteiger partial charge in [0.25, 0.3) is 15.0 Å². The fourth-order valence-corrected chi connectivity index (χ4v) is 2.72. The molecule has 0 saturated heterocycles. The molecule has 0 radical (unpaired) electrons. The molecule has 0 bridgehead atoms. The van der Waals surface area contributed by atoms with Gasteiger partial charge in [-0.05, 0) is 34.1 Å². The summed E-state index contributed by atoms with van der Waals surface area (Å²) in [4.78, 5) is 11.7. The summed E-state index contributed by atoms with van der Waals surface area (Å²) >= 11 is 3.17. The monoisotopic (exact) mass is 363 g/mol. The van der Waals surface area contributed by atoms with Crippen LogP contribution >= 0.6 is 26.6 Å². The fourth-order valence-electron chi connectivity index (χ4n) is 1.32. The molecule has 0 aliphatic carbocycles. The van der Waals surface area contributed by atoms with E-state index in [9.17, 15) is 13.2 Å². The number of aromatic nitrogens is 2. The Hall–Kier alpha value is -1.38. The van der Waals surface area contributed by atoms with E-state index in [2.05, 4.69) is 31.4 Å². The molecule has 1 heterocycles. The summed E-state index contributed by atoms with van der Waals surface area (Å²) in [5.74, 6) is -0.365. The number of anilines is 1. The van der Waals surface area contributed by atoms with E-state index in [1.165, 1.54) is 30.6 Å². The van der Waals surface area contributed by atoms with Gasteiger partial charge in [0.1, 0.15) is 0 Å². The first kappa shape index (κ1) is 14.0. The quantitative estimate of drug-likeness (QED) is 0.818. The maximum absolute atomic E-state index is 11.8. The molecule has 0 atom stereocenters. The molecule has 0 fully saturated rings. The standard InChI is InChI=1S/C10H7BrClN3O3S/c11-8-3-7(19(12,17)18)1-2-9(8)15-10(16)6-4-13-14-5-6/h1-5H,(H,13,14)(H,15,16). The Morgan fingerprint density at radius 1 is 1.42 bits per heavy atom.